The van der Waals surface area contributed by atoms with Crippen molar-refractivity contribution < 1.29 is 4.79 Å². The highest BCUT2D eigenvalue weighted by Crippen LogP contribution is 2.19. The summed E-state index contributed by atoms with van der Waals surface area (Å²) in [6, 6.07) is 0.368. The molecule has 1 aromatic rings. The monoisotopic (exact) mass is 198 g/mol. The maximum atomic E-state index is 10.9. The van der Waals surface area contributed by atoms with Gasteiger partial charge in [-0.05, 0) is 18.1 Å². The van der Waals surface area contributed by atoms with E-state index in [1.165, 1.54) is 11.5 Å². The number of carbonyl (C=O) groups is 1. The number of aromatic nitrogens is 3. The van der Waals surface area contributed by atoms with E-state index in [0.717, 1.165) is 18.0 Å². The molecule has 0 spiro atoms. The van der Waals surface area contributed by atoms with Crippen LogP contribution in [0.15, 0.2) is 0 Å². The minimum Gasteiger partial charge on any atom is -0.356 e. The summed E-state index contributed by atoms with van der Waals surface area (Å²) in [4.78, 5) is 10.9. The standard InChI is InChI=1S/C7H10N4OS/c12-6-3-1-5(2-4-6)8-7-9-10-11-13-7/h5H,1-4H2,(H,8,9,11). The zero-order chi connectivity index (χ0) is 9.10. The SMILES string of the molecule is O=C1CCC(Nc2nnns2)CC1. The fraction of sp³-hybridized carbons (Fsp3) is 0.714. The lowest BCUT2D eigenvalue weighted by Crippen LogP contribution is -2.25. The van der Waals surface area contributed by atoms with E-state index in [2.05, 4.69) is 20.1 Å². The van der Waals surface area contributed by atoms with E-state index in [9.17, 15) is 4.79 Å². The van der Waals surface area contributed by atoms with Crippen LogP contribution in [0.1, 0.15) is 25.7 Å². The highest BCUT2D eigenvalue weighted by Gasteiger charge is 2.19. The Morgan fingerprint density at radius 1 is 1.38 bits per heavy atom. The molecule has 0 bridgehead atoms. The summed E-state index contributed by atoms with van der Waals surface area (Å²) < 4.78 is 3.65. The van der Waals surface area contributed by atoms with E-state index in [1.54, 1.807) is 0 Å². The maximum Gasteiger partial charge on any atom is 0.225 e. The Morgan fingerprint density at radius 2 is 2.15 bits per heavy atom. The molecule has 70 valence electrons. The normalized spacial score (nSPS) is 18.9. The summed E-state index contributed by atoms with van der Waals surface area (Å²) in [5.41, 5.74) is 0. The minimum atomic E-state index is 0.368. The van der Waals surface area contributed by atoms with Gasteiger partial charge in [-0.3, -0.25) is 4.79 Å². The first-order valence-electron chi connectivity index (χ1n) is 4.28. The molecule has 0 atom stereocenters. The Hall–Kier alpha value is -1.04. The molecule has 0 aliphatic heterocycles. The number of hydrogen-bond donors (Lipinski definition) is 1. The van der Waals surface area contributed by atoms with Gasteiger partial charge in [0.1, 0.15) is 5.78 Å². The summed E-state index contributed by atoms with van der Waals surface area (Å²) in [7, 11) is 0. The summed E-state index contributed by atoms with van der Waals surface area (Å²) in [5, 5.41) is 11.2. The third-order valence-electron chi connectivity index (χ3n) is 2.17. The molecule has 6 heteroatoms. The maximum absolute atomic E-state index is 10.9. The number of Topliss-reactive ketones (excluding diaryl/α,β-unsaturated/α-hetero) is 1. The lowest BCUT2D eigenvalue weighted by Gasteiger charge is -2.20. The zero-order valence-electron chi connectivity index (χ0n) is 7.06. The van der Waals surface area contributed by atoms with Gasteiger partial charge in [-0.2, -0.15) is 0 Å². The quantitative estimate of drug-likeness (QED) is 0.763. The molecule has 2 rings (SSSR count). The number of nitrogens with zero attached hydrogens (tertiary/aromatic N) is 3. The van der Waals surface area contributed by atoms with Gasteiger partial charge in [0.2, 0.25) is 5.13 Å². The molecule has 0 radical (unpaired) electrons. The highest BCUT2D eigenvalue weighted by molar-refractivity contribution is 7.09. The number of nitrogens with one attached hydrogen (secondary N) is 1. The van der Waals surface area contributed by atoms with Crippen LogP contribution in [-0.2, 0) is 4.79 Å². The van der Waals surface area contributed by atoms with E-state index < -0.39 is 0 Å². The average molecular weight is 198 g/mol. The van der Waals surface area contributed by atoms with Crippen molar-refractivity contribution in [2.24, 2.45) is 0 Å². The molecule has 0 saturated heterocycles. The summed E-state index contributed by atoms with van der Waals surface area (Å²) in [6.45, 7) is 0. The van der Waals surface area contributed by atoms with Crippen LogP contribution in [0.25, 0.3) is 0 Å². The fourth-order valence-corrected chi connectivity index (χ4v) is 1.89. The molecule has 1 aliphatic carbocycles. The van der Waals surface area contributed by atoms with Gasteiger partial charge in [0.15, 0.2) is 0 Å². The van der Waals surface area contributed by atoms with E-state index in [0.29, 0.717) is 24.7 Å². The van der Waals surface area contributed by atoms with E-state index in [-0.39, 0.29) is 0 Å². The number of rotatable bonds is 2. The smallest absolute Gasteiger partial charge is 0.225 e. The molecule has 5 nitrogen and oxygen atoms in total. The molecule has 1 saturated carbocycles. The molecular weight excluding hydrogens is 188 g/mol. The van der Waals surface area contributed by atoms with Crippen LogP contribution < -0.4 is 5.32 Å². The Balaban J connectivity index is 1.86. The fourth-order valence-electron chi connectivity index (χ4n) is 1.45. The van der Waals surface area contributed by atoms with Crippen molar-refractivity contribution in [1.82, 2.24) is 14.8 Å². The summed E-state index contributed by atoms with van der Waals surface area (Å²) in [6.07, 6.45) is 3.17. The van der Waals surface area contributed by atoms with Crippen LogP contribution in [-0.4, -0.2) is 26.6 Å². The first-order chi connectivity index (χ1) is 6.34. The molecule has 1 heterocycles. The number of anilines is 1. The van der Waals surface area contributed by atoms with Crippen molar-refractivity contribution in [1.29, 1.82) is 0 Å². The van der Waals surface area contributed by atoms with Crippen molar-refractivity contribution >= 4 is 22.4 Å². The Bertz CT molecular complexity index is 277. The number of hydrogen-bond acceptors (Lipinski definition) is 6. The van der Waals surface area contributed by atoms with Crippen LogP contribution in [0.4, 0.5) is 5.13 Å². The highest BCUT2D eigenvalue weighted by atomic mass is 32.1. The third-order valence-corrected chi connectivity index (χ3v) is 2.70. The van der Waals surface area contributed by atoms with Crippen LogP contribution in [0, 0.1) is 0 Å². The molecule has 0 aromatic carbocycles. The molecule has 1 aromatic heterocycles. The second-order valence-corrected chi connectivity index (χ2v) is 3.86. The lowest BCUT2D eigenvalue weighted by molar-refractivity contribution is -0.120. The van der Waals surface area contributed by atoms with Gasteiger partial charge in [-0.25, -0.2) is 0 Å². The molecule has 13 heavy (non-hydrogen) atoms. The van der Waals surface area contributed by atoms with Crippen molar-refractivity contribution in [3.63, 3.8) is 0 Å². The van der Waals surface area contributed by atoms with Crippen molar-refractivity contribution in [3.8, 4) is 0 Å². The van der Waals surface area contributed by atoms with Gasteiger partial charge in [-0.15, -0.1) is 0 Å². The lowest BCUT2D eigenvalue weighted by atomic mass is 9.95. The zero-order valence-corrected chi connectivity index (χ0v) is 7.88. The topological polar surface area (TPSA) is 67.8 Å². The van der Waals surface area contributed by atoms with Gasteiger partial charge in [0, 0.05) is 30.4 Å². The second-order valence-electron chi connectivity index (χ2n) is 3.12. The van der Waals surface area contributed by atoms with Crippen molar-refractivity contribution in [2.75, 3.05) is 5.32 Å². The molecular formula is C7H10N4OS. The van der Waals surface area contributed by atoms with Crippen LogP contribution in [0.5, 0.6) is 0 Å². The predicted octanol–water partition coefficient (Wildman–Crippen LogP) is 0.857. The minimum absolute atomic E-state index is 0.368. The van der Waals surface area contributed by atoms with Crippen LogP contribution >= 0.6 is 11.5 Å². The molecule has 0 amide bonds. The number of ketones is 1. The third kappa shape index (κ3) is 2.21. The van der Waals surface area contributed by atoms with E-state index in [1.807, 2.05) is 0 Å². The molecule has 1 fully saturated rings. The Kier molecular flexibility index (Phi) is 2.49. The van der Waals surface area contributed by atoms with Gasteiger partial charge in [0.25, 0.3) is 0 Å². The first kappa shape index (κ1) is 8.55. The predicted molar refractivity (Wildman–Crippen MR) is 48.6 cm³/mol. The molecule has 1 aliphatic rings. The van der Waals surface area contributed by atoms with E-state index >= 15 is 0 Å². The van der Waals surface area contributed by atoms with Gasteiger partial charge in [-0.1, -0.05) is 9.59 Å². The van der Waals surface area contributed by atoms with Crippen molar-refractivity contribution in [3.05, 3.63) is 0 Å². The largest absolute Gasteiger partial charge is 0.356 e. The molecule has 1 N–H and O–H groups in total. The van der Waals surface area contributed by atoms with Crippen molar-refractivity contribution in [2.45, 2.75) is 31.7 Å². The Morgan fingerprint density at radius 3 is 2.77 bits per heavy atom. The average Bonchev–Trinajstić information content (AvgIpc) is 2.62. The second kappa shape index (κ2) is 3.78. The van der Waals surface area contributed by atoms with E-state index in [4.69, 9.17) is 0 Å². The number of carbonyl (C=O) groups excluding carboxylic acids is 1. The molecule has 0 unspecified atom stereocenters. The van der Waals surface area contributed by atoms with Crippen LogP contribution in [0.2, 0.25) is 0 Å². The first-order valence-corrected chi connectivity index (χ1v) is 5.05. The van der Waals surface area contributed by atoms with Crippen LogP contribution in [0.3, 0.4) is 0 Å². The Labute approximate surface area is 79.7 Å². The van der Waals surface area contributed by atoms with Gasteiger partial charge < -0.3 is 5.32 Å². The van der Waals surface area contributed by atoms with Gasteiger partial charge >= 0.3 is 0 Å². The van der Waals surface area contributed by atoms with Gasteiger partial charge in [0.05, 0.1) is 0 Å². The summed E-state index contributed by atoms with van der Waals surface area (Å²) >= 11 is 1.25. The summed E-state index contributed by atoms with van der Waals surface area (Å²) in [5.74, 6) is 0.369.